The fourth-order valence-corrected chi connectivity index (χ4v) is 2.86. The van der Waals surface area contributed by atoms with E-state index in [1.54, 1.807) is 12.4 Å². The van der Waals surface area contributed by atoms with Gasteiger partial charge in [-0.15, -0.1) is 0 Å². The Morgan fingerprint density at radius 3 is 2.54 bits per heavy atom. The highest BCUT2D eigenvalue weighted by Crippen LogP contribution is 2.33. The van der Waals surface area contributed by atoms with E-state index in [2.05, 4.69) is 15.3 Å². The van der Waals surface area contributed by atoms with Gasteiger partial charge in [0.05, 0.1) is 10.5 Å². The molecule has 1 aromatic carbocycles. The van der Waals surface area contributed by atoms with Gasteiger partial charge in [-0.25, -0.2) is 9.97 Å². The Hall–Kier alpha value is -3.03. The summed E-state index contributed by atoms with van der Waals surface area (Å²) >= 11 is 0. The summed E-state index contributed by atoms with van der Waals surface area (Å²) in [5.74, 6) is -0.492. The third kappa shape index (κ3) is 3.32. The number of hydrogen-bond acceptors (Lipinski definition) is 6. The van der Waals surface area contributed by atoms with Crippen molar-refractivity contribution in [3.63, 3.8) is 0 Å². The van der Waals surface area contributed by atoms with Gasteiger partial charge in [0.2, 0.25) is 5.95 Å². The minimum atomic E-state index is -0.704. The number of aromatic nitrogens is 2. The van der Waals surface area contributed by atoms with Gasteiger partial charge in [0.1, 0.15) is 5.75 Å². The van der Waals surface area contributed by atoms with Gasteiger partial charge >= 0.3 is 0 Å². The number of nitro benzene ring substituents is 1. The van der Waals surface area contributed by atoms with E-state index < -0.39 is 10.8 Å². The van der Waals surface area contributed by atoms with Crippen molar-refractivity contribution < 1.29 is 14.8 Å². The highest BCUT2D eigenvalue weighted by molar-refractivity contribution is 6.05. The number of nitrogens with one attached hydrogen (secondary N) is 1. The molecule has 2 N–H and O–H groups in total. The molecular formula is C16H16N4O4. The van der Waals surface area contributed by atoms with Crippen LogP contribution in [0.4, 0.5) is 11.6 Å². The van der Waals surface area contributed by atoms with Crippen molar-refractivity contribution in [2.75, 3.05) is 5.32 Å². The summed E-state index contributed by atoms with van der Waals surface area (Å²) in [6.07, 6.45) is 8.02. The van der Waals surface area contributed by atoms with Crippen LogP contribution in [-0.2, 0) is 0 Å². The fraction of sp³-hybridized carbons (Fsp3) is 0.312. The van der Waals surface area contributed by atoms with Gasteiger partial charge < -0.3 is 5.11 Å². The molecule has 1 aromatic heterocycles. The van der Waals surface area contributed by atoms with Crippen LogP contribution in [0.3, 0.4) is 0 Å². The summed E-state index contributed by atoms with van der Waals surface area (Å²) in [6.45, 7) is 0. The predicted octanol–water partition coefficient (Wildman–Crippen LogP) is 3.00. The van der Waals surface area contributed by atoms with Gasteiger partial charge in [-0.3, -0.25) is 20.2 Å². The lowest BCUT2D eigenvalue weighted by molar-refractivity contribution is -0.384. The summed E-state index contributed by atoms with van der Waals surface area (Å²) in [7, 11) is 0. The SMILES string of the molecule is O=C(Nc1ncc(C2CCCC2)cn1)c1cc([N+](=O)[O-])ccc1O. The number of phenols is 1. The van der Waals surface area contributed by atoms with Crippen LogP contribution in [0.1, 0.15) is 47.5 Å². The molecule has 2 aromatic rings. The third-order valence-corrected chi connectivity index (χ3v) is 4.16. The highest BCUT2D eigenvalue weighted by atomic mass is 16.6. The number of nitro groups is 1. The zero-order chi connectivity index (χ0) is 17.1. The molecule has 0 bridgehead atoms. The van der Waals surface area contributed by atoms with Crippen molar-refractivity contribution in [1.82, 2.24) is 9.97 Å². The summed E-state index contributed by atoms with van der Waals surface area (Å²) in [5, 5.41) is 22.9. The van der Waals surface area contributed by atoms with Crippen molar-refractivity contribution in [2.45, 2.75) is 31.6 Å². The average Bonchev–Trinajstić information content (AvgIpc) is 3.10. The summed E-state index contributed by atoms with van der Waals surface area (Å²) < 4.78 is 0. The molecule has 0 aliphatic heterocycles. The highest BCUT2D eigenvalue weighted by Gasteiger charge is 2.19. The molecular weight excluding hydrogens is 312 g/mol. The standard InChI is InChI=1S/C16H16N4O4/c21-14-6-5-12(20(23)24)7-13(14)15(22)19-16-17-8-11(9-18-16)10-3-1-2-4-10/h5-10,21H,1-4H2,(H,17,18,19,22). The Labute approximate surface area is 137 Å². The predicted molar refractivity (Wildman–Crippen MR) is 86.0 cm³/mol. The average molecular weight is 328 g/mol. The number of rotatable bonds is 4. The van der Waals surface area contributed by atoms with Crippen molar-refractivity contribution in [1.29, 1.82) is 0 Å². The van der Waals surface area contributed by atoms with E-state index in [4.69, 9.17) is 0 Å². The molecule has 0 unspecified atom stereocenters. The van der Waals surface area contributed by atoms with Gasteiger partial charge in [-0.1, -0.05) is 12.8 Å². The first-order valence-corrected chi connectivity index (χ1v) is 7.65. The molecule has 1 fully saturated rings. The van der Waals surface area contributed by atoms with Crippen LogP contribution in [0.25, 0.3) is 0 Å². The Morgan fingerprint density at radius 1 is 1.25 bits per heavy atom. The first kappa shape index (κ1) is 15.9. The number of carbonyl (C=O) groups is 1. The minimum absolute atomic E-state index is 0.0904. The molecule has 3 rings (SSSR count). The van der Waals surface area contributed by atoms with Crippen LogP contribution >= 0.6 is 0 Å². The van der Waals surface area contributed by atoms with Gasteiger partial charge in [0, 0.05) is 24.5 Å². The van der Waals surface area contributed by atoms with Crippen LogP contribution in [0, 0.1) is 10.1 Å². The molecule has 8 heteroatoms. The topological polar surface area (TPSA) is 118 Å². The largest absolute Gasteiger partial charge is 0.507 e. The maximum atomic E-state index is 12.2. The van der Waals surface area contributed by atoms with E-state index in [1.165, 1.54) is 12.8 Å². The second-order valence-corrected chi connectivity index (χ2v) is 5.73. The molecule has 124 valence electrons. The monoisotopic (exact) mass is 328 g/mol. The Kier molecular flexibility index (Phi) is 4.37. The molecule has 0 saturated heterocycles. The number of non-ortho nitro benzene ring substituents is 1. The molecule has 24 heavy (non-hydrogen) atoms. The van der Waals surface area contributed by atoms with Crippen LogP contribution in [0.15, 0.2) is 30.6 Å². The molecule has 0 radical (unpaired) electrons. The Bertz CT molecular complexity index is 770. The molecule has 0 atom stereocenters. The summed E-state index contributed by atoms with van der Waals surface area (Å²) in [5.41, 5.74) is 0.562. The van der Waals surface area contributed by atoms with Gasteiger partial charge in [-0.05, 0) is 30.4 Å². The fourth-order valence-electron chi connectivity index (χ4n) is 2.86. The molecule has 1 aliphatic rings. The molecule has 1 saturated carbocycles. The van der Waals surface area contributed by atoms with Crippen molar-refractivity contribution in [3.05, 3.63) is 51.8 Å². The van der Waals surface area contributed by atoms with E-state index >= 15 is 0 Å². The molecule has 8 nitrogen and oxygen atoms in total. The number of aromatic hydroxyl groups is 1. The van der Waals surface area contributed by atoms with E-state index in [9.17, 15) is 20.0 Å². The zero-order valence-electron chi connectivity index (χ0n) is 12.8. The van der Waals surface area contributed by atoms with Crippen LogP contribution in [-0.4, -0.2) is 25.9 Å². The van der Waals surface area contributed by atoms with E-state index in [1.807, 2.05) is 0 Å². The third-order valence-electron chi connectivity index (χ3n) is 4.16. The summed E-state index contributed by atoms with van der Waals surface area (Å²) in [6, 6.07) is 3.24. The van der Waals surface area contributed by atoms with Crippen molar-refractivity contribution in [3.8, 4) is 5.75 Å². The van der Waals surface area contributed by atoms with Crippen molar-refractivity contribution in [2.24, 2.45) is 0 Å². The quantitative estimate of drug-likeness (QED) is 0.658. The van der Waals surface area contributed by atoms with E-state index in [0.717, 1.165) is 36.6 Å². The lowest BCUT2D eigenvalue weighted by Crippen LogP contribution is -2.15. The summed E-state index contributed by atoms with van der Waals surface area (Å²) in [4.78, 5) is 30.6. The molecule has 1 amide bonds. The van der Waals surface area contributed by atoms with E-state index in [0.29, 0.717) is 5.92 Å². The smallest absolute Gasteiger partial charge is 0.270 e. The minimum Gasteiger partial charge on any atom is -0.507 e. The second kappa shape index (κ2) is 6.61. The van der Waals surface area contributed by atoms with E-state index in [-0.39, 0.29) is 22.9 Å². The molecule has 0 spiro atoms. The molecule has 1 aliphatic carbocycles. The second-order valence-electron chi connectivity index (χ2n) is 5.73. The number of phenolic OH excluding ortho intramolecular Hbond substituents is 1. The first-order chi connectivity index (χ1) is 11.5. The van der Waals surface area contributed by atoms with Gasteiger partial charge in [0.25, 0.3) is 11.6 Å². The number of anilines is 1. The Morgan fingerprint density at radius 2 is 1.92 bits per heavy atom. The maximum absolute atomic E-state index is 12.2. The maximum Gasteiger partial charge on any atom is 0.270 e. The molecule has 1 heterocycles. The normalized spacial score (nSPS) is 14.5. The number of benzene rings is 1. The van der Waals surface area contributed by atoms with Crippen LogP contribution in [0.2, 0.25) is 0 Å². The Balaban J connectivity index is 1.75. The number of carbonyl (C=O) groups excluding carboxylic acids is 1. The van der Waals surface area contributed by atoms with Crippen LogP contribution in [0.5, 0.6) is 5.75 Å². The van der Waals surface area contributed by atoms with Gasteiger partial charge in [-0.2, -0.15) is 0 Å². The number of nitrogens with zero attached hydrogens (tertiary/aromatic N) is 3. The lowest BCUT2D eigenvalue weighted by atomic mass is 10.0. The van der Waals surface area contributed by atoms with Crippen LogP contribution < -0.4 is 5.32 Å². The number of hydrogen-bond donors (Lipinski definition) is 2. The van der Waals surface area contributed by atoms with Gasteiger partial charge in [0.15, 0.2) is 0 Å². The number of amides is 1. The lowest BCUT2D eigenvalue weighted by Gasteiger charge is -2.09. The first-order valence-electron chi connectivity index (χ1n) is 7.65. The zero-order valence-corrected chi connectivity index (χ0v) is 12.8. The van der Waals surface area contributed by atoms with Crippen molar-refractivity contribution >= 4 is 17.5 Å².